The number of aliphatic hydroxyl groups is 1. The molecule has 0 aliphatic carbocycles. The highest BCUT2D eigenvalue weighted by Crippen LogP contribution is 2.30. The highest BCUT2D eigenvalue weighted by Gasteiger charge is 2.27. The van der Waals surface area contributed by atoms with Gasteiger partial charge in [0, 0.05) is 5.75 Å². The maximum atomic E-state index is 13.2. The zero-order valence-corrected chi connectivity index (χ0v) is 9.45. The minimum atomic E-state index is -4.30. The first-order chi connectivity index (χ1) is 7.92. The summed E-state index contributed by atoms with van der Waals surface area (Å²) in [6.07, 6.45) is 0. The van der Waals surface area contributed by atoms with Gasteiger partial charge in [-0.2, -0.15) is 13.2 Å². The van der Waals surface area contributed by atoms with Crippen molar-refractivity contribution in [2.75, 3.05) is 12.4 Å². The number of halogens is 4. The Balaban J connectivity index is 2.42. The first-order valence-corrected chi connectivity index (χ1v) is 5.63. The van der Waals surface area contributed by atoms with E-state index in [1.165, 1.54) is 12.1 Å². The molecule has 0 unspecified atom stereocenters. The molecule has 0 atom stereocenters. The average molecular weight is 270 g/mol. The van der Waals surface area contributed by atoms with E-state index in [2.05, 4.69) is 0 Å². The summed E-state index contributed by atoms with van der Waals surface area (Å²) in [6, 6.07) is 3.79. The summed E-state index contributed by atoms with van der Waals surface area (Å²) in [5, 5.41) is 8.72. The van der Waals surface area contributed by atoms with Crippen LogP contribution in [0.2, 0.25) is 0 Å². The van der Waals surface area contributed by atoms with Crippen molar-refractivity contribution in [1.82, 2.24) is 0 Å². The van der Waals surface area contributed by atoms with Crippen LogP contribution in [-0.2, 0) is 6.61 Å². The molecule has 1 rings (SSSR count). The second-order valence-corrected chi connectivity index (χ2v) is 4.23. The molecular weight excluding hydrogens is 260 g/mol. The maximum absolute atomic E-state index is 13.2. The summed E-state index contributed by atoms with van der Waals surface area (Å²) in [7, 11) is 0. The van der Waals surface area contributed by atoms with Crippen molar-refractivity contribution < 1.29 is 27.4 Å². The molecule has 2 nitrogen and oxygen atoms in total. The van der Waals surface area contributed by atoms with Crippen molar-refractivity contribution in [1.29, 1.82) is 0 Å². The number of benzene rings is 1. The Morgan fingerprint density at radius 1 is 1.29 bits per heavy atom. The lowest BCUT2D eigenvalue weighted by molar-refractivity contribution is -0.0329. The van der Waals surface area contributed by atoms with Crippen molar-refractivity contribution >= 4 is 11.8 Å². The fourth-order valence-corrected chi connectivity index (χ4v) is 1.47. The predicted molar refractivity (Wildman–Crippen MR) is 56.3 cm³/mol. The summed E-state index contributed by atoms with van der Waals surface area (Å²) in [6.45, 7) is -0.541. The number of hydrogen-bond acceptors (Lipinski definition) is 3. The van der Waals surface area contributed by atoms with E-state index >= 15 is 0 Å². The van der Waals surface area contributed by atoms with E-state index in [0.29, 0.717) is 5.56 Å². The van der Waals surface area contributed by atoms with E-state index in [1.54, 1.807) is 0 Å². The Bertz CT molecular complexity index is 368. The molecule has 7 heteroatoms. The van der Waals surface area contributed by atoms with E-state index in [-0.39, 0.29) is 36.5 Å². The van der Waals surface area contributed by atoms with Crippen LogP contribution in [0.4, 0.5) is 17.6 Å². The Morgan fingerprint density at radius 3 is 2.53 bits per heavy atom. The van der Waals surface area contributed by atoms with Gasteiger partial charge in [-0.05, 0) is 29.5 Å². The van der Waals surface area contributed by atoms with E-state index in [4.69, 9.17) is 9.84 Å². The van der Waals surface area contributed by atoms with Crippen LogP contribution >= 0.6 is 11.8 Å². The van der Waals surface area contributed by atoms with Gasteiger partial charge in [-0.25, -0.2) is 4.39 Å². The molecule has 0 saturated carbocycles. The Hall–Kier alpha value is -0.950. The molecule has 0 aromatic heterocycles. The lowest BCUT2D eigenvalue weighted by atomic mass is 10.2. The normalized spacial score (nSPS) is 11.6. The second kappa shape index (κ2) is 6.11. The fourth-order valence-electron chi connectivity index (χ4n) is 1.07. The minimum absolute atomic E-state index is 0.120. The van der Waals surface area contributed by atoms with Gasteiger partial charge < -0.3 is 9.84 Å². The van der Waals surface area contributed by atoms with Crippen LogP contribution < -0.4 is 4.74 Å². The summed E-state index contributed by atoms with van der Waals surface area (Å²) in [5.74, 6) is -1.12. The van der Waals surface area contributed by atoms with E-state index in [0.717, 1.165) is 6.07 Å². The van der Waals surface area contributed by atoms with Crippen molar-refractivity contribution in [2.24, 2.45) is 0 Å². The molecule has 1 N–H and O–H groups in total. The van der Waals surface area contributed by atoms with E-state index < -0.39 is 11.3 Å². The number of ether oxygens (including phenoxy) is 1. The van der Waals surface area contributed by atoms with Crippen molar-refractivity contribution in [3.63, 3.8) is 0 Å². The first-order valence-electron chi connectivity index (χ1n) is 4.65. The molecule has 0 fully saturated rings. The summed E-state index contributed by atoms with van der Waals surface area (Å²) < 4.78 is 53.4. The van der Waals surface area contributed by atoms with E-state index in [1.807, 2.05) is 0 Å². The monoisotopic (exact) mass is 270 g/mol. The van der Waals surface area contributed by atoms with Crippen molar-refractivity contribution in [2.45, 2.75) is 12.1 Å². The highest BCUT2D eigenvalue weighted by molar-refractivity contribution is 8.00. The van der Waals surface area contributed by atoms with Crippen LogP contribution in [0.1, 0.15) is 5.56 Å². The summed E-state index contributed by atoms with van der Waals surface area (Å²) in [4.78, 5) is 0. The highest BCUT2D eigenvalue weighted by atomic mass is 32.2. The van der Waals surface area contributed by atoms with Gasteiger partial charge in [0.2, 0.25) is 0 Å². The van der Waals surface area contributed by atoms with Gasteiger partial charge in [0.05, 0.1) is 13.2 Å². The SMILES string of the molecule is OCc1ccc(OCCSC(F)(F)F)c(F)c1. The van der Waals surface area contributed by atoms with Gasteiger partial charge in [0.25, 0.3) is 0 Å². The van der Waals surface area contributed by atoms with Gasteiger partial charge in [0.1, 0.15) is 0 Å². The molecule has 0 aliphatic heterocycles. The van der Waals surface area contributed by atoms with Crippen LogP contribution in [0.25, 0.3) is 0 Å². The molecule has 0 aliphatic rings. The average Bonchev–Trinajstić information content (AvgIpc) is 2.24. The van der Waals surface area contributed by atoms with Gasteiger partial charge in [-0.15, -0.1) is 0 Å². The molecule has 0 bridgehead atoms. The molecule has 17 heavy (non-hydrogen) atoms. The zero-order chi connectivity index (χ0) is 12.9. The summed E-state index contributed by atoms with van der Waals surface area (Å²) >= 11 is -0.221. The Labute approximate surface area is 99.6 Å². The summed E-state index contributed by atoms with van der Waals surface area (Å²) in [5.41, 5.74) is -3.93. The van der Waals surface area contributed by atoms with Crippen molar-refractivity contribution in [3.8, 4) is 5.75 Å². The third kappa shape index (κ3) is 5.27. The lowest BCUT2D eigenvalue weighted by Gasteiger charge is -2.09. The Morgan fingerprint density at radius 2 is 2.00 bits per heavy atom. The van der Waals surface area contributed by atoms with Crippen molar-refractivity contribution in [3.05, 3.63) is 29.6 Å². The van der Waals surface area contributed by atoms with Gasteiger partial charge in [0.15, 0.2) is 11.6 Å². The fraction of sp³-hybridized carbons (Fsp3) is 0.400. The number of aliphatic hydroxyl groups excluding tert-OH is 1. The molecule has 1 aromatic rings. The van der Waals surface area contributed by atoms with Gasteiger partial charge in [-0.3, -0.25) is 0 Å². The van der Waals surface area contributed by atoms with Crippen LogP contribution in [0.3, 0.4) is 0 Å². The van der Waals surface area contributed by atoms with Crippen LogP contribution in [0.5, 0.6) is 5.75 Å². The Kier molecular flexibility index (Phi) is 5.07. The third-order valence-corrected chi connectivity index (χ3v) is 2.48. The zero-order valence-electron chi connectivity index (χ0n) is 8.63. The predicted octanol–water partition coefficient (Wildman–Crippen LogP) is 2.95. The quantitative estimate of drug-likeness (QED) is 0.659. The van der Waals surface area contributed by atoms with E-state index in [9.17, 15) is 17.6 Å². The standard InChI is InChI=1S/C10H10F4O2S/c11-8-5-7(6-15)1-2-9(8)16-3-4-17-10(12,13)14/h1-2,5,15H,3-4,6H2. The molecule has 0 saturated heterocycles. The topological polar surface area (TPSA) is 29.5 Å². The second-order valence-electron chi connectivity index (χ2n) is 3.07. The molecule has 1 aromatic carbocycles. The smallest absolute Gasteiger partial charge is 0.441 e. The van der Waals surface area contributed by atoms with Gasteiger partial charge >= 0.3 is 5.51 Å². The molecule has 0 spiro atoms. The number of hydrogen-bond donors (Lipinski definition) is 1. The molecule has 0 heterocycles. The first kappa shape index (κ1) is 14.1. The minimum Gasteiger partial charge on any atom is -0.490 e. The lowest BCUT2D eigenvalue weighted by Crippen LogP contribution is -2.08. The van der Waals surface area contributed by atoms with Crippen LogP contribution in [-0.4, -0.2) is 23.0 Å². The van der Waals surface area contributed by atoms with Crippen LogP contribution in [0.15, 0.2) is 18.2 Å². The van der Waals surface area contributed by atoms with Crippen LogP contribution in [0, 0.1) is 5.82 Å². The molecule has 0 amide bonds. The number of thioether (sulfide) groups is 1. The maximum Gasteiger partial charge on any atom is 0.441 e. The number of alkyl halides is 3. The molecule has 96 valence electrons. The molecule has 0 radical (unpaired) electrons. The van der Waals surface area contributed by atoms with Gasteiger partial charge in [-0.1, -0.05) is 6.07 Å². The largest absolute Gasteiger partial charge is 0.490 e. The number of rotatable bonds is 5. The molecular formula is C10H10F4O2S. The third-order valence-electron chi connectivity index (χ3n) is 1.79.